The molecule has 2 aliphatic heterocycles. The zero-order valence-corrected chi connectivity index (χ0v) is 36.7. The van der Waals surface area contributed by atoms with E-state index in [9.17, 15) is 0 Å². The van der Waals surface area contributed by atoms with Crippen LogP contribution in [0.15, 0.2) is 66.0 Å². The van der Waals surface area contributed by atoms with Gasteiger partial charge in [0.25, 0.3) is 0 Å². The van der Waals surface area contributed by atoms with Crippen molar-refractivity contribution in [3.63, 3.8) is 0 Å². The molecular weight excluding hydrogens is 908 g/mol. The van der Waals surface area contributed by atoms with E-state index in [1.165, 1.54) is 82.3 Å². The van der Waals surface area contributed by atoms with Crippen LogP contribution in [0.5, 0.6) is 23.0 Å². The average Bonchev–Trinajstić information content (AvgIpc) is 4.05. The first kappa shape index (κ1) is 39.5. The predicted octanol–water partition coefficient (Wildman–Crippen LogP) is 9.87. The number of aryl methyl sites for hydroxylation is 2. The van der Waals surface area contributed by atoms with Gasteiger partial charge in [0.1, 0.15) is 11.8 Å². The smallest absolute Gasteiger partial charge is 0.231 e. The van der Waals surface area contributed by atoms with E-state index in [0.717, 1.165) is 101 Å². The second-order valence-electron chi connectivity index (χ2n) is 15.1. The van der Waals surface area contributed by atoms with Gasteiger partial charge < -0.3 is 38.8 Å². The third-order valence-electron chi connectivity index (χ3n) is 11.3. The van der Waals surface area contributed by atoms with Gasteiger partial charge in [0.2, 0.25) is 13.6 Å². The number of anilines is 1. The standard InChI is InChI=1S/2C20H22BrN5O2S/c21-13-8-14-15(28-11-27-14)9-16(13)29-20-24-17-18(22)23-10-26(19(17)25-20)7-6-12-4-2-1-3-5-12;21-13-8-14-15(28-11-27-14)9-16(13)29-20-25-17-18(22)23-10-24-19(17)26(20)7-6-12-4-2-1-3-5-12/h8-10,12,22H,1-7,11H2,(H,24,25);8-10,12H,1-7,11H2,(H2,22,23,24). The predicted molar refractivity (Wildman–Crippen MR) is 229 cm³/mol. The average molecular weight is 953 g/mol. The number of nitrogens with two attached hydrogens (primary N) is 1. The van der Waals surface area contributed by atoms with Gasteiger partial charge in [-0.2, -0.15) is 0 Å². The number of nitrogen functional groups attached to an aromatic ring is 1. The fourth-order valence-corrected chi connectivity index (χ4v) is 11.0. The van der Waals surface area contributed by atoms with Gasteiger partial charge in [0, 0.05) is 31.8 Å². The molecule has 0 bridgehead atoms. The van der Waals surface area contributed by atoms with Gasteiger partial charge in [-0.15, -0.1) is 0 Å². The maximum Gasteiger partial charge on any atom is 0.231 e. The topological polar surface area (TPSA) is 177 Å². The molecule has 58 heavy (non-hydrogen) atoms. The molecule has 4 aromatic heterocycles. The molecule has 4 N–H and O–H groups in total. The molecule has 2 aromatic carbocycles. The van der Waals surface area contributed by atoms with E-state index in [4.69, 9.17) is 40.1 Å². The molecule has 0 amide bonds. The van der Waals surface area contributed by atoms with Crippen molar-refractivity contribution in [2.24, 2.45) is 11.8 Å². The van der Waals surface area contributed by atoms with Crippen LogP contribution in [0.25, 0.3) is 22.3 Å². The number of hydrogen-bond acceptors (Lipinski definition) is 13. The van der Waals surface area contributed by atoms with Gasteiger partial charge in [-0.3, -0.25) is 5.41 Å². The normalized spacial score (nSPS) is 16.6. The Kier molecular flexibility index (Phi) is 12.0. The summed E-state index contributed by atoms with van der Waals surface area (Å²) in [6.45, 7) is 2.26. The van der Waals surface area contributed by atoms with Gasteiger partial charge in [0.05, 0.1) is 6.33 Å². The van der Waals surface area contributed by atoms with Crippen LogP contribution in [0.3, 0.4) is 0 Å². The minimum atomic E-state index is 0.220. The molecule has 2 saturated carbocycles. The van der Waals surface area contributed by atoms with Crippen LogP contribution in [0, 0.1) is 17.2 Å². The van der Waals surface area contributed by atoms with Crippen molar-refractivity contribution in [2.75, 3.05) is 19.3 Å². The Morgan fingerprint density at radius 3 is 1.95 bits per heavy atom. The number of nitrogens with one attached hydrogen (secondary N) is 2. The maximum atomic E-state index is 8.17. The lowest BCUT2D eigenvalue weighted by molar-refractivity contribution is 0.173. The van der Waals surface area contributed by atoms with Crippen LogP contribution in [0.2, 0.25) is 0 Å². The van der Waals surface area contributed by atoms with Crippen molar-refractivity contribution in [2.45, 2.75) is 110 Å². The Hall–Kier alpha value is -4.00. The SMILES string of the molecule is N=c1ncn(CCC2CCCCC2)c2nc(Sc3cc4c(cc3Br)OCO4)[nH]c12.Nc1ncnc2c1nc(Sc1cc3c(cc1Br)OCO3)n2CCC1CCCCC1. The summed E-state index contributed by atoms with van der Waals surface area (Å²) in [7, 11) is 0. The van der Waals surface area contributed by atoms with Crippen LogP contribution in [0.4, 0.5) is 5.82 Å². The molecular formula is C40H44Br2N10O4S2. The summed E-state index contributed by atoms with van der Waals surface area (Å²) in [5.74, 6) is 4.95. The fraction of sp³-hybridized carbons (Fsp3) is 0.450. The van der Waals surface area contributed by atoms with E-state index in [2.05, 4.69) is 60.9 Å². The van der Waals surface area contributed by atoms with Crippen molar-refractivity contribution >= 4 is 83.5 Å². The Balaban J connectivity index is 0.000000150. The van der Waals surface area contributed by atoms with E-state index in [0.29, 0.717) is 16.9 Å². The molecule has 6 aromatic rings. The largest absolute Gasteiger partial charge is 0.454 e. The molecule has 0 saturated heterocycles. The molecule has 304 valence electrons. The first-order chi connectivity index (χ1) is 28.4. The lowest BCUT2D eigenvalue weighted by Gasteiger charge is -2.22. The lowest BCUT2D eigenvalue weighted by Crippen LogP contribution is -2.15. The molecule has 0 atom stereocenters. The van der Waals surface area contributed by atoms with E-state index in [1.807, 2.05) is 24.3 Å². The quantitative estimate of drug-likeness (QED) is 0.119. The number of benzene rings is 2. The monoisotopic (exact) mass is 950 g/mol. The summed E-state index contributed by atoms with van der Waals surface area (Å²) in [6.07, 6.45) is 19.0. The molecule has 14 nitrogen and oxygen atoms in total. The van der Waals surface area contributed by atoms with E-state index >= 15 is 0 Å². The number of aromatic amines is 1. The van der Waals surface area contributed by atoms with Crippen LogP contribution >= 0.6 is 55.4 Å². The van der Waals surface area contributed by atoms with E-state index < -0.39 is 0 Å². The highest BCUT2D eigenvalue weighted by molar-refractivity contribution is 9.10. The van der Waals surface area contributed by atoms with E-state index in [-0.39, 0.29) is 19.1 Å². The summed E-state index contributed by atoms with van der Waals surface area (Å²) in [6, 6.07) is 7.78. The van der Waals surface area contributed by atoms with Gasteiger partial charge in [-0.25, -0.2) is 24.9 Å². The Bertz CT molecular complexity index is 2500. The maximum absolute atomic E-state index is 8.17. The summed E-state index contributed by atoms with van der Waals surface area (Å²) < 4.78 is 28.0. The minimum absolute atomic E-state index is 0.220. The number of H-pyrrole nitrogens is 1. The van der Waals surface area contributed by atoms with Crippen LogP contribution in [0.1, 0.15) is 77.0 Å². The third kappa shape index (κ3) is 8.66. The number of hydrogen-bond donors (Lipinski definition) is 3. The number of ether oxygens (including phenoxy) is 4. The first-order valence-electron chi connectivity index (χ1n) is 19.9. The van der Waals surface area contributed by atoms with Crippen molar-refractivity contribution in [1.29, 1.82) is 5.41 Å². The minimum Gasteiger partial charge on any atom is -0.454 e. The van der Waals surface area contributed by atoms with Crippen molar-refractivity contribution in [3.8, 4) is 23.0 Å². The number of aromatic nitrogens is 8. The van der Waals surface area contributed by atoms with Gasteiger partial charge >= 0.3 is 0 Å². The Morgan fingerprint density at radius 1 is 0.724 bits per heavy atom. The zero-order valence-electron chi connectivity index (χ0n) is 31.8. The zero-order chi connectivity index (χ0) is 39.6. The van der Waals surface area contributed by atoms with Gasteiger partial charge in [-0.05, 0) is 80.8 Å². The number of fused-ring (bicyclic) bond motifs is 4. The van der Waals surface area contributed by atoms with E-state index in [1.54, 1.807) is 18.1 Å². The third-order valence-corrected chi connectivity index (χ3v) is 15.1. The number of rotatable bonds is 10. The highest BCUT2D eigenvalue weighted by Crippen LogP contribution is 2.44. The molecule has 18 heteroatoms. The molecule has 4 aliphatic rings. The highest BCUT2D eigenvalue weighted by Gasteiger charge is 2.23. The number of imidazole rings is 2. The molecule has 0 unspecified atom stereocenters. The molecule has 0 radical (unpaired) electrons. The lowest BCUT2D eigenvalue weighted by atomic mass is 9.87. The van der Waals surface area contributed by atoms with Crippen molar-refractivity contribution < 1.29 is 18.9 Å². The second kappa shape index (κ2) is 17.7. The number of nitrogens with zero attached hydrogens (tertiary/aromatic N) is 7. The Morgan fingerprint density at radius 2 is 1.31 bits per heavy atom. The molecule has 2 aliphatic carbocycles. The summed E-state index contributed by atoms with van der Waals surface area (Å²) in [4.78, 5) is 27.7. The molecule has 2 fully saturated rings. The molecule has 0 spiro atoms. The molecule has 10 rings (SSSR count). The summed E-state index contributed by atoms with van der Waals surface area (Å²) in [5.41, 5.74) is 9.24. The highest BCUT2D eigenvalue weighted by atomic mass is 79.9. The van der Waals surface area contributed by atoms with Gasteiger partial charge in [-0.1, -0.05) is 87.7 Å². The first-order valence-corrected chi connectivity index (χ1v) is 23.1. The van der Waals surface area contributed by atoms with Crippen molar-refractivity contribution in [1.82, 2.24) is 39.0 Å². The van der Waals surface area contributed by atoms with Crippen molar-refractivity contribution in [3.05, 3.63) is 51.4 Å². The fourth-order valence-electron chi connectivity index (χ4n) is 8.13. The van der Waals surface area contributed by atoms with Gasteiger partial charge in [0.15, 0.2) is 61.4 Å². The second-order valence-corrected chi connectivity index (χ2v) is 18.8. The number of halogens is 2. The Labute approximate surface area is 360 Å². The molecule has 6 heterocycles. The summed E-state index contributed by atoms with van der Waals surface area (Å²) in [5, 5.41) is 9.77. The van der Waals surface area contributed by atoms with Crippen LogP contribution < -0.4 is 30.2 Å². The van der Waals surface area contributed by atoms with Crippen LogP contribution in [-0.2, 0) is 13.1 Å². The van der Waals surface area contributed by atoms with Crippen LogP contribution in [-0.4, -0.2) is 52.6 Å². The summed E-state index contributed by atoms with van der Waals surface area (Å²) >= 11 is 10.3.